The molecule has 0 unspecified atom stereocenters. The number of hydrogen-bond acceptors (Lipinski definition) is 3. The lowest BCUT2D eigenvalue weighted by molar-refractivity contribution is 1.15. The third kappa shape index (κ3) is 4.47. The standard InChI is InChI=1S/C30H38N4S/c1-11-23-15(3)25(31-19(23)7)13-27-17(5)29(21(9)33-27)35-30-18(6)28(34-22(30)10)14-26-16(4)24(12-2)20(8)32-26/h13-14,33-34H,11-12H2,1-10H3. The molecule has 0 amide bonds. The summed E-state index contributed by atoms with van der Waals surface area (Å²) >= 11 is 1.85. The van der Waals surface area contributed by atoms with Crippen LogP contribution in [0.5, 0.6) is 0 Å². The van der Waals surface area contributed by atoms with Crippen molar-refractivity contribution in [2.45, 2.75) is 91.9 Å². The second-order valence-corrected chi connectivity index (χ2v) is 10.7. The van der Waals surface area contributed by atoms with Crippen molar-refractivity contribution in [3.05, 3.63) is 67.6 Å². The lowest BCUT2D eigenvalue weighted by Crippen LogP contribution is -1.91. The fourth-order valence-electron chi connectivity index (χ4n) is 5.32. The highest BCUT2D eigenvalue weighted by Crippen LogP contribution is 2.41. The summed E-state index contributed by atoms with van der Waals surface area (Å²) < 4.78 is 0. The second-order valence-electron chi connectivity index (χ2n) is 9.71. The van der Waals surface area contributed by atoms with Crippen LogP contribution in [0.2, 0.25) is 0 Å². The first-order chi connectivity index (χ1) is 16.6. The van der Waals surface area contributed by atoms with Gasteiger partial charge in [-0.05, 0) is 114 Å². The molecule has 4 nitrogen and oxygen atoms in total. The molecule has 4 rings (SSSR count). The topological polar surface area (TPSA) is 56.3 Å². The van der Waals surface area contributed by atoms with Crippen LogP contribution in [-0.2, 0) is 0 Å². The van der Waals surface area contributed by atoms with Gasteiger partial charge >= 0.3 is 0 Å². The van der Waals surface area contributed by atoms with E-state index >= 15 is 0 Å². The van der Waals surface area contributed by atoms with Gasteiger partial charge in [0.2, 0.25) is 0 Å². The van der Waals surface area contributed by atoms with Crippen LogP contribution in [0.1, 0.15) is 88.3 Å². The molecule has 0 aliphatic carbocycles. The van der Waals surface area contributed by atoms with Gasteiger partial charge in [0.1, 0.15) is 0 Å². The third-order valence-corrected chi connectivity index (χ3v) is 9.04. The maximum Gasteiger partial charge on any atom is 0.0686 e. The maximum absolute atomic E-state index is 4.84. The van der Waals surface area contributed by atoms with E-state index < -0.39 is 0 Å². The van der Waals surface area contributed by atoms with E-state index in [2.05, 4.69) is 91.4 Å². The minimum absolute atomic E-state index is 1.02. The second kappa shape index (κ2) is 9.69. The molecule has 4 heterocycles. The highest BCUT2D eigenvalue weighted by molar-refractivity contribution is 7.99. The van der Waals surface area contributed by atoms with E-state index in [1.54, 1.807) is 0 Å². The predicted molar refractivity (Wildman–Crippen MR) is 153 cm³/mol. The van der Waals surface area contributed by atoms with Crippen molar-refractivity contribution >= 4 is 35.3 Å². The monoisotopic (exact) mass is 486 g/mol. The van der Waals surface area contributed by atoms with Crippen LogP contribution >= 0.6 is 11.8 Å². The fraction of sp³-hybridized carbons (Fsp3) is 0.400. The molecule has 0 bridgehead atoms. The van der Waals surface area contributed by atoms with Crippen LogP contribution in [0, 0.1) is 27.7 Å². The molecule has 5 heteroatoms. The quantitative estimate of drug-likeness (QED) is 0.421. The van der Waals surface area contributed by atoms with Gasteiger partial charge < -0.3 is 9.97 Å². The van der Waals surface area contributed by atoms with E-state index in [-0.39, 0.29) is 0 Å². The molecule has 184 valence electrons. The van der Waals surface area contributed by atoms with Gasteiger partial charge in [0.25, 0.3) is 0 Å². The van der Waals surface area contributed by atoms with Crippen molar-refractivity contribution < 1.29 is 0 Å². The number of nitrogens with one attached hydrogen (secondary N) is 2. The zero-order valence-electron chi connectivity index (χ0n) is 22.9. The lowest BCUT2D eigenvalue weighted by atomic mass is 10.0. The summed E-state index contributed by atoms with van der Waals surface area (Å²) in [7, 11) is 0. The molecular weight excluding hydrogens is 448 g/mol. The van der Waals surface area contributed by atoms with E-state index in [1.165, 1.54) is 54.6 Å². The van der Waals surface area contributed by atoms with E-state index in [1.807, 2.05) is 11.8 Å². The van der Waals surface area contributed by atoms with Gasteiger partial charge in [-0.2, -0.15) is 0 Å². The predicted octanol–water partition coefficient (Wildman–Crippen LogP) is 8.81. The Morgan fingerprint density at radius 1 is 0.629 bits per heavy atom. The van der Waals surface area contributed by atoms with Crippen LogP contribution in [-0.4, -0.2) is 21.4 Å². The highest BCUT2D eigenvalue weighted by Gasteiger charge is 2.21. The number of hydrogen-bond donors (Lipinski definition) is 2. The largest absolute Gasteiger partial charge is 0.358 e. The summed E-state index contributed by atoms with van der Waals surface area (Å²) in [6.07, 6.45) is 6.46. The number of aromatic amines is 2. The fourth-order valence-corrected chi connectivity index (χ4v) is 6.46. The first-order valence-corrected chi connectivity index (χ1v) is 13.4. The van der Waals surface area contributed by atoms with Gasteiger partial charge in [-0.15, -0.1) is 0 Å². The normalized spacial score (nSPS) is 18.6. The summed E-state index contributed by atoms with van der Waals surface area (Å²) in [5, 5.41) is 0. The maximum atomic E-state index is 4.84. The molecule has 2 aromatic heterocycles. The SMILES string of the molecule is CCC1=C(C)C(=Cc2[nH]c(C)c(Sc3c(C)[nH]c(C=C4N=C(C)C(CC)=C4C)c3C)c2C)N=C1C. The molecule has 0 aromatic carbocycles. The Morgan fingerprint density at radius 3 is 1.31 bits per heavy atom. The van der Waals surface area contributed by atoms with Gasteiger partial charge in [0.05, 0.1) is 11.4 Å². The van der Waals surface area contributed by atoms with Crippen molar-refractivity contribution in [3.8, 4) is 0 Å². The molecule has 0 atom stereocenters. The number of aliphatic imine (C=N–C) groups is 2. The summed E-state index contributed by atoms with van der Waals surface area (Å²) in [5.74, 6) is 0. The Kier molecular flexibility index (Phi) is 7.01. The summed E-state index contributed by atoms with van der Waals surface area (Å²) in [4.78, 5) is 19.5. The average molecular weight is 487 g/mol. The summed E-state index contributed by atoms with van der Waals surface area (Å²) in [6.45, 7) is 21.7. The first kappa shape index (κ1) is 25.3. The van der Waals surface area contributed by atoms with Crippen LogP contribution in [0.25, 0.3) is 12.2 Å². The molecule has 0 spiro atoms. The van der Waals surface area contributed by atoms with Gasteiger partial charge in [0, 0.05) is 44.0 Å². The molecule has 2 aliphatic heterocycles. The van der Waals surface area contributed by atoms with Crippen molar-refractivity contribution in [2.75, 3.05) is 0 Å². The van der Waals surface area contributed by atoms with Crippen molar-refractivity contribution in [1.82, 2.24) is 9.97 Å². The number of allylic oxidation sites excluding steroid dienone is 4. The van der Waals surface area contributed by atoms with Gasteiger partial charge in [-0.3, -0.25) is 9.98 Å². The molecular formula is C30H38N4S. The number of H-pyrrole nitrogens is 2. The molecule has 2 aromatic rings. The van der Waals surface area contributed by atoms with Crippen LogP contribution in [0.3, 0.4) is 0 Å². The Labute approximate surface area is 214 Å². The number of aryl methyl sites for hydroxylation is 2. The third-order valence-electron chi connectivity index (χ3n) is 7.41. The molecule has 0 saturated carbocycles. The Bertz CT molecular complexity index is 1290. The van der Waals surface area contributed by atoms with Crippen LogP contribution < -0.4 is 0 Å². The lowest BCUT2D eigenvalue weighted by Gasteiger charge is -2.05. The molecule has 0 fully saturated rings. The number of rotatable bonds is 6. The molecule has 0 radical (unpaired) electrons. The van der Waals surface area contributed by atoms with E-state index in [0.717, 1.165) is 47.0 Å². The Hall–Kier alpha value is -2.79. The van der Waals surface area contributed by atoms with Crippen molar-refractivity contribution in [3.63, 3.8) is 0 Å². The molecule has 2 N–H and O–H groups in total. The van der Waals surface area contributed by atoms with Gasteiger partial charge in [0.15, 0.2) is 0 Å². The highest BCUT2D eigenvalue weighted by atomic mass is 32.2. The smallest absolute Gasteiger partial charge is 0.0686 e. The van der Waals surface area contributed by atoms with E-state index in [0.29, 0.717) is 0 Å². The average Bonchev–Trinajstić information content (AvgIpc) is 3.43. The number of nitrogens with zero attached hydrogens (tertiary/aromatic N) is 2. The molecule has 2 aliphatic rings. The number of aromatic nitrogens is 2. The summed E-state index contributed by atoms with van der Waals surface area (Å²) in [6, 6.07) is 0. The zero-order valence-corrected chi connectivity index (χ0v) is 23.7. The summed E-state index contributed by atoms with van der Waals surface area (Å²) in [5.41, 5.74) is 17.0. The Balaban J connectivity index is 1.67. The minimum Gasteiger partial charge on any atom is -0.358 e. The van der Waals surface area contributed by atoms with E-state index in [4.69, 9.17) is 9.98 Å². The van der Waals surface area contributed by atoms with Crippen molar-refractivity contribution in [2.24, 2.45) is 9.98 Å². The van der Waals surface area contributed by atoms with Gasteiger partial charge in [-0.25, -0.2) is 0 Å². The van der Waals surface area contributed by atoms with Crippen LogP contribution in [0.4, 0.5) is 0 Å². The van der Waals surface area contributed by atoms with E-state index in [9.17, 15) is 0 Å². The zero-order chi connectivity index (χ0) is 25.6. The van der Waals surface area contributed by atoms with Crippen LogP contribution in [0.15, 0.2) is 53.5 Å². The molecule has 0 saturated heterocycles. The van der Waals surface area contributed by atoms with Gasteiger partial charge in [-0.1, -0.05) is 25.6 Å². The molecule has 35 heavy (non-hydrogen) atoms. The van der Waals surface area contributed by atoms with Crippen molar-refractivity contribution in [1.29, 1.82) is 0 Å². The first-order valence-electron chi connectivity index (χ1n) is 12.6. The minimum atomic E-state index is 1.02. The Morgan fingerprint density at radius 2 is 1.00 bits per heavy atom.